The van der Waals surface area contributed by atoms with Crippen LogP contribution in [0.15, 0.2) is 23.2 Å². The molecule has 1 amide bonds. The lowest BCUT2D eigenvalue weighted by molar-refractivity contribution is -0.116. The van der Waals surface area contributed by atoms with Crippen molar-refractivity contribution in [3.05, 3.63) is 29.0 Å². The largest absolute Gasteiger partial charge is 0.347 e. The Kier molecular flexibility index (Phi) is 5.97. The molecule has 168 valence electrons. The molecular weight excluding hydrogens is 433 g/mol. The topological polar surface area (TPSA) is 44.7 Å². The van der Waals surface area contributed by atoms with E-state index in [1.807, 2.05) is 0 Å². The van der Waals surface area contributed by atoms with Gasteiger partial charge in [-0.05, 0) is 80.9 Å². The van der Waals surface area contributed by atoms with E-state index >= 15 is 0 Å². The lowest BCUT2D eigenvalue weighted by Crippen LogP contribution is -2.50. The number of benzene rings is 1. The second kappa shape index (κ2) is 8.58. The fourth-order valence-corrected chi connectivity index (χ4v) is 8.16. The number of hydrogen-bond acceptors (Lipinski definition) is 3. The quantitative estimate of drug-likeness (QED) is 0.566. The van der Waals surface area contributed by atoms with Gasteiger partial charge in [0.15, 0.2) is 5.17 Å². The summed E-state index contributed by atoms with van der Waals surface area (Å²) in [5.74, 6) is 2.81. The zero-order chi connectivity index (χ0) is 21.6. The van der Waals surface area contributed by atoms with Crippen LogP contribution in [0.25, 0.3) is 0 Å². The molecule has 0 spiro atoms. The molecule has 1 atom stereocenters. The van der Waals surface area contributed by atoms with Crippen LogP contribution >= 0.6 is 23.4 Å². The molecule has 7 heteroatoms. The Balaban J connectivity index is 1.28. The minimum atomic E-state index is -0.504. The van der Waals surface area contributed by atoms with E-state index < -0.39 is 5.82 Å². The van der Waals surface area contributed by atoms with E-state index in [1.54, 1.807) is 17.8 Å². The van der Waals surface area contributed by atoms with Gasteiger partial charge in [-0.2, -0.15) is 0 Å². The number of carbonyl (C=O) groups excluding carboxylic acids is 1. The highest BCUT2D eigenvalue weighted by Gasteiger charge is 2.51. The predicted molar refractivity (Wildman–Crippen MR) is 126 cm³/mol. The molecule has 1 heterocycles. The van der Waals surface area contributed by atoms with Gasteiger partial charge >= 0.3 is 0 Å². The first kappa shape index (κ1) is 21.6. The molecule has 1 saturated heterocycles. The first-order valence-corrected chi connectivity index (χ1v) is 13.0. The van der Waals surface area contributed by atoms with Crippen molar-refractivity contribution < 1.29 is 9.18 Å². The fourth-order valence-electron chi connectivity index (χ4n) is 6.70. The summed E-state index contributed by atoms with van der Waals surface area (Å²) in [5, 5.41) is 4.18. The SMILES string of the molecule is CCCN1C(=NC23CC4CC(CC(C4)C2)C3)SCC1CC(=O)Nc1ccc(Cl)cc1F. The molecule has 4 nitrogen and oxygen atoms in total. The van der Waals surface area contributed by atoms with Crippen molar-refractivity contribution in [2.45, 2.75) is 69.9 Å². The Morgan fingerprint density at radius 2 is 1.94 bits per heavy atom. The van der Waals surface area contributed by atoms with Crippen molar-refractivity contribution in [1.82, 2.24) is 4.90 Å². The fraction of sp³-hybridized carbons (Fsp3) is 0.667. The van der Waals surface area contributed by atoms with E-state index in [2.05, 4.69) is 17.1 Å². The van der Waals surface area contributed by atoms with Crippen LogP contribution in [0, 0.1) is 23.6 Å². The van der Waals surface area contributed by atoms with Crippen LogP contribution in [-0.2, 0) is 4.79 Å². The number of amides is 1. The molecule has 1 aliphatic heterocycles. The van der Waals surface area contributed by atoms with Crippen molar-refractivity contribution in [2.24, 2.45) is 22.7 Å². The summed E-state index contributed by atoms with van der Waals surface area (Å²) >= 11 is 7.62. The number of halogens is 2. The number of rotatable bonds is 6. The van der Waals surface area contributed by atoms with Crippen LogP contribution < -0.4 is 5.32 Å². The van der Waals surface area contributed by atoms with E-state index in [0.717, 1.165) is 41.6 Å². The molecule has 6 rings (SSSR count). The Morgan fingerprint density at radius 1 is 1.26 bits per heavy atom. The molecule has 5 aliphatic rings. The normalized spacial score (nSPS) is 35.2. The number of carbonyl (C=O) groups is 1. The van der Waals surface area contributed by atoms with Crippen molar-refractivity contribution in [1.29, 1.82) is 0 Å². The van der Waals surface area contributed by atoms with Crippen LogP contribution in [0.4, 0.5) is 10.1 Å². The third kappa shape index (κ3) is 4.47. The van der Waals surface area contributed by atoms with Crippen LogP contribution in [0.2, 0.25) is 5.02 Å². The van der Waals surface area contributed by atoms with Crippen LogP contribution in [0.3, 0.4) is 0 Å². The molecular formula is C24H31ClFN3OS. The predicted octanol–water partition coefficient (Wildman–Crippen LogP) is 5.96. The molecule has 1 N–H and O–H groups in total. The summed E-state index contributed by atoms with van der Waals surface area (Å²) < 4.78 is 14.1. The van der Waals surface area contributed by atoms with Crippen LogP contribution in [0.5, 0.6) is 0 Å². The Labute approximate surface area is 193 Å². The summed E-state index contributed by atoms with van der Waals surface area (Å²) in [6.45, 7) is 3.08. The van der Waals surface area contributed by atoms with Gasteiger partial charge in [0.25, 0.3) is 0 Å². The lowest BCUT2D eigenvalue weighted by Gasteiger charge is -2.55. The van der Waals surface area contributed by atoms with Crippen molar-refractivity contribution in [3.63, 3.8) is 0 Å². The van der Waals surface area contributed by atoms with Gasteiger partial charge in [0.1, 0.15) is 5.82 Å². The number of hydrogen-bond donors (Lipinski definition) is 1. The summed E-state index contributed by atoms with van der Waals surface area (Å²) in [4.78, 5) is 20.5. The minimum Gasteiger partial charge on any atom is -0.347 e. The maximum absolute atomic E-state index is 14.1. The van der Waals surface area contributed by atoms with E-state index in [9.17, 15) is 9.18 Å². The average molecular weight is 464 g/mol. The summed E-state index contributed by atoms with van der Waals surface area (Å²) in [7, 11) is 0. The van der Waals surface area contributed by atoms with E-state index in [4.69, 9.17) is 16.6 Å². The highest BCUT2D eigenvalue weighted by Crippen LogP contribution is 2.57. The zero-order valence-electron chi connectivity index (χ0n) is 18.1. The maximum Gasteiger partial charge on any atom is 0.226 e. The van der Waals surface area contributed by atoms with E-state index in [1.165, 1.54) is 50.7 Å². The lowest BCUT2D eigenvalue weighted by atomic mass is 9.53. The average Bonchev–Trinajstić information content (AvgIpc) is 3.04. The van der Waals surface area contributed by atoms with Crippen molar-refractivity contribution in [2.75, 3.05) is 17.6 Å². The number of amidine groups is 1. The van der Waals surface area contributed by atoms with Gasteiger partial charge in [-0.1, -0.05) is 30.3 Å². The summed E-state index contributed by atoms with van der Waals surface area (Å²) in [5.41, 5.74) is 0.330. The molecule has 4 aliphatic carbocycles. The number of anilines is 1. The number of nitrogens with zero attached hydrogens (tertiary/aromatic N) is 2. The van der Waals surface area contributed by atoms with Gasteiger partial charge in [-0.3, -0.25) is 9.79 Å². The molecule has 1 unspecified atom stereocenters. The second-order valence-corrected chi connectivity index (χ2v) is 11.5. The van der Waals surface area contributed by atoms with Gasteiger partial charge in [0.2, 0.25) is 5.91 Å². The number of thioether (sulfide) groups is 1. The molecule has 31 heavy (non-hydrogen) atoms. The van der Waals surface area contributed by atoms with Gasteiger partial charge in [0.05, 0.1) is 11.2 Å². The summed E-state index contributed by atoms with van der Waals surface area (Å²) in [6, 6.07) is 4.43. The van der Waals surface area contributed by atoms with Crippen LogP contribution in [0.1, 0.15) is 58.3 Å². The molecule has 5 fully saturated rings. The van der Waals surface area contributed by atoms with Gasteiger partial charge in [-0.15, -0.1) is 0 Å². The highest BCUT2D eigenvalue weighted by atomic mass is 35.5. The molecule has 1 aromatic rings. The third-order valence-corrected chi connectivity index (χ3v) is 8.89. The van der Waals surface area contributed by atoms with Crippen LogP contribution in [-0.4, -0.2) is 39.9 Å². The van der Waals surface area contributed by atoms with E-state index in [0.29, 0.717) is 11.4 Å². The Bertz CT molecular complexity index is 856. The molecule has 0 radical (unpaired) electrons. The first-order chi connectivity index (χ1) is 14.9. The minimum absolute atomic E-state index is 0.105. The molecule has 4 saturated carbocycles. The first-order valence-electron chi connectivity index (χ1n) is 11.7. The van der Waals surface area contributed by atoms with Gasteiger partial charge in [-0.25, -0.2) is 4.39 Å². The Morgan fingerprint density at radius 3 is 2.55 bits per heavy atom. The smallest absolute Gasteiger partial charge is 0.226 e. The maximum atomic E-state index is 14.1. The number of nitrogens with one attached hydrogen (secondary N) is 1. The Hall–Kier alpha value is -1.27. The summed E-state index contributed by atoms with van der Waals surface area (Å²) in [6.07, 6.45) is 9.37. The van der Waals surface area contributed by atoms with Gasteiger partial charge in [0, 0.05) is 29.8 Å². The van der Waals surface area contributed by atoms with Gasteiger partial charge < -0.3 is 10.2 Å². The van der Waals surface area contributed by atoms with Crippen molar-refractivity contribution in [3.8, 4) is 0 Å². The standard InChI is InChI=1S/C24H31ClFN3OS/c1-2-5-29-19(10-22(30)27-21-4-3-18(25)9-20(21)26)14-31-23(29)28-24-11-15-6-16(12-24)8-17(7-15)13-24/h3-4,9,15-17,19H,2,5-8,10-14H2,1H3,(H,27,30). The number of aliphatic imine (C=N–C) groups is 1. The third-order valence-electron chi connectivity index (χ3n) is 7.52. The molecule has 4 bridgehead atoms. The van der Waals surface area contributed by atoms with Crippen molar-refractivity contribution >= 4 is 40.1 Å². The highest BCUT2D eigenvalue weighted by molar-refractivity contribution is 8.14. The van der Waals surface area contributed by atoms with E-state index in [-0.39, 0.29) is 23.2 Å². The molecule has 0 aromatic heterocycles. The molecule has 1 aromatic carbocycles. The second-order valence-electron chi connectivity index (χ2n) is 10.1. The monoisotopic (exact) mass is 463 g/mol. The zero-order valence-corrected chi connectivity index (χ0v) is 19.7.